The van der Waals surface area contributed by atoms with Crippen LogP contribution >= 0.6 is 0 Å². The van der Waals surface area contributed by atoms with Crippen molar-refractivity contribution in [2.75, 3.05) is 6.54 Å². The van der Waals surface area contributed by atoms with Crippen LogP contribution in [-0.4, -0.2) is 29.3 Å². The van der Waals surface area contributed by atoms with Gasteiger partial charge in [0.2, 0.25) is 11.8 Å². The third-order valence-corrected chi connectivity index (χ3v) is 5.08. The minimum absolute atomic E-state index is 0.0472. The minimum atomic E-state index is -0.206. The lowest BCUT2D eigenvalue weighted by Gasteiger charge is -2.20. The van der Waals surface area contributed by atoms with Gasteiger partial charge in [-0.05, 0) is 49.7 Å². The largest absolute Gasteiger partial charge is 0.467 e. The first kappa shape index (κ1) is 13.9. The van der Waals surface area contributed by atoms with Crippen molar-refractivity contribution in [3.63, 3.8) is 0 Å². The van der Waals surface area contributed by atoms with Crippen LogP contribution in [0.15, 0.2) is 22.8 Å². The van der Waals surface area contributed by atoms with Gasteiger partial charge in [0, 0.05) is 19.0 Å². The number of rotatable bonds is 6. The van der Waals surface area contributed by atoms with Crippen molar-refractivity contribution < 1.29 is 14.0 Å². The van der Waals surface area contributed by atoms with Crippen LogP contribution in [0, 0.1) is 17.8 Å². The summed E-state index contributed by atoms with van der Waals surface area (Å²) >= 11 is 0. The molecule has 4 rings (SSSR count). The molecule has 5 nitrogen and oxygen atoms in total. The van der Waals surface area contributed by atoms with Gasteiger partial charge in [0.05, 0.1) is 18.7 Å². The molecule has 1 N–H and O–H groups in total. The van der Waals surface area contributed by atoms with Crippen LogP contribution in [0.25, 0.3) is 0 Å². The van der Waals surface area contributed by atoms with E-state index in [1.165, 1.54) is 25.7 Å². The average Bonchev–Trinajstić information content (AvgIpc) is 3.43. The SMILES string of the molecule is O=C(NC(C1CC1)C1CC1)C1CC(=O)N(Cc2ccco2)C1. The maximum Gasteiger partial charge on any atom is 0.225 e. The summed E-state index contributed by atoms with van der Waals surface area (Å²) in [6.07, 6.45) is 6.92. The van der Waals surface area contributed by atoms with E-state index in [-0.39, 0.29) is 17.7 Å². The highest BCUT2D eigenvalue weighted by Gasteiger charge is 2.44. The summed E-state index contributed by atoms with van der Waals surface area (Å²) in [5, 5.41) is 3.24. The molecule has 1 aliphatic heterocycles. The maximum absolute atomic E-state index is 12.5. The Morgan fingerprint density at radius 3 is 2.64 bits per heavy atom. The number of hydrogen-bond donors (Lipinski definition) is 1. The Balaban J connectivity index is 1.34. The molecule has 2 amide bonds. The molecule has 0 radical (unpaired) electrons. The van der Waals surface area contributed by atoms with E-state index in [0.29, 0.717) is 37.4 Å². The first-order valence-electron chi connectivity index (χ1n) is 8.31. The summed E-state index contributed by atoms with van der Waals surface area (Å²) in [6.45, 7) is 0.970. The van der Waals surface area contributed by atoms with E-state index in [1.54, 1.807) is 11.2 Å². The molecule has 118 valence electrons. The Bertz CT molecular complexity index is 548. The summed E-state index contributed by atoms with van der Waals surface area (Å²) in [4.78, 5) is 26.3. The molecule has 1 unspecified atom stereocenters. The van der Waals surface area contributed by atoms with Gasteiger partial charge in [-0.3, -0.25) is 9.59 Å². The summed E-state index contributed by atoms with van der Waals surface area (Å²) in [5.41, 5.74) is 0. The average molecular weight is 302 g/mol. The number of amides is 2. The second kappa shape index (κ2) is 5.45. The summed E-state index contributed by atoms with van der Waals surface area (Å²) < 4.78 is 5.29. The van der Waals surface area contributed by atoms with Crippen molar-refractivity contribution >= 4 is 11.8 Å². The Kier molecular flexibility index (Phi) is 3.43. The van der Waals surface area contributed by atoms with Gasteiger partial charge in [-0.2, -0.15) is 0 Å². The number of nitrogens with one attached hydrogen (secondary N) is 1. The number of nitrogens with zero attached hydrogens (tertiary/aromatic N) is 1. The maximum atomic E-state index is 12.5. The molecule has 5 heteroatoms. The molecule has 3 fully saturated rings. The normalized spacial score (nSPS) is 25.0. The van der Waals surface area contributed by atoms with Gasteiger partial charge in [-0.25, -0.2) is 0 Å². The van der Waals surface area contributed by atoms with Crippen LogP contribution in [0.3, 0.4) is 0 Å². The lowest BCUT2D eigenvalue weighted by molar-refractivity contribution is -0.129. The first-order chi connectivity index (χ1) is 10.7. The molecule has 3 aliphatic rings. The highest BCUT2D eigenvalue weighted by atomic mass is 16.3. The highest BCUT2D eigenvalue weighted by molar-refractivity contribution is 5.89. The minimum Gasteiger partial charge on any atom is -0.467 e. The summed E-state index contributed by atoms with van der Waals surface area (Å²) in [7, 11) is 0. The monoisotopic (exact) mass is 302 g/mol. The fraction of sp³-hybridized carbons (Fsp3) is 0.647. The van der Waals surface area contributed by atoms with Gasteiger partial charge in [-0.15, -0.1) is 0 Å². The van der Waals surface area contributed by atoms with E-state index in [2.05, 4.69) is 5.32 Å². The van der Waals surface area contributed by atoms with Crippen LogP contribution in [0.1, 0.15) is 37.9 Å². The van der Waals surface area contributed by atoms with Gasteiger partial charge in [0.15, 0.2) is 0 Å². The highest BCUT2D eigenvalue weighted by Crippen LogP contribution is 2.44. The summed E-state index contributed by atoms with van der Waals surface area (Å²) in [6, 6.07) is 4.04. The zero-order chi connectivity index (χ0) is 15.1. The smallest absolute Gasteiger partial charge is 0.225 e. The van der Waals surface area contributed by atoms with Crippen molar-refractivity contribution in [1.29, 1.82) is 0 Å². The number of carbonyl (C=O) groups is 2. The molecule has 2 aliphatic carbocycles. The van der Waals surface area contributed by atoms with E-state index in [4.69, 9.17) is 4.42 Å². The molecule has 2 heterocycles. The quantitative estimate of drug-likeness (QED) is 0.873. The Labute approximate surface area is 130 Å². The fourth-order valence-electron chi connectivity index (χ4n) is 3.50. The van der Waals surface area contributed by atoms with Crippen LogP contribution in [0.5, 0.6) is 0 Å². The number of likely N-dealkylation sites (tertiary alicyclic amines) is 1. The molecule has 1 atom stereocenters. The zero-order valence-electron chi connectivity index (χ0n) is 12.7. The second-order valence-electron chi connectivity index (χ2n) is 6.96. The van der Waals surface area contributed by atoms with Gasteiger partial charge in [-0.1, -0.05) is 0 Å². The van der Waals surface area contributed by atoms with Crippen molar-refractivity contribution in [1.82, 2.24) is 10.2 Å². The van der Waals surface area contributed by atoms with E-state index in [1.807, 2.05) is 12.1 Å². The van der Waals surface area contributed by atoms with E-state index in [0.717, 1.165) is 5.76 Å². The van der Waals surface area contributed by atoms with Crippen molar-refractivity contribution in [2.24, 2.45) is 17.8 Å². The molecule has 0 spiro atoms. The topological polar surface area (TPSA) is 62.6 Å². The van der Waals surface area contributed by atoms with Crippen LogP contribution in [0.4, 0.5) is 0 Å². The molecule has 0 aromatic carbocycles. The third-order valence-electron chi connectivity index (χ3n) is 5.08. The van der Waals surface area contributed by atoms with Gasteiger partial charge in [0.25, 0.3) is 0 Å². The molecule has 1 aromatic heterocycles. The number of hydrogen-bond acceptors (Lipinski definition) is 3. The van der Waals surface area contributed by atoms with E-state index >= 15 is 0 Å². The van der Waals surface area contributed by atoms with Crippen LogP contribution < -0.4 is 5.32 Å². The predicted octanol–water partition coefficient (Wildman–Crippen LogP) is 1.93. The first-order valence-corrected chi connectivity index (χ1v) is 8.31. The molecule has 0 bridgehead atoms. The van der Waals surface area contributed by atoms with E-state index in [9.17, 15) is 9.59 Å². The molecule has 2 saturated carbocycles. The Morgan fingerprint density at radius 2 is 2.05 bits per heavy atom. The lowest BCUT2D eigenvalue weighted by Crippen LogP contribution is -2.42. The van der Waals surface area contributed by atoms with Crippen molar-refractivity contribution in [3.05, 3.63) is 24.2 Å². The molecule has 1 aromatic rings. The van der Waals surface area contributed by atoms with Crippen molar-refractivity contribution in [3.8, 4) is 0 Å². The van der Waals surface area contributed by atoms with Crippen LogP contribution in [0.2, 0.25) is 0 Å². The van der Waals surface area contributed by atoms with Gasteiger partial charge >= 0.3 is 0 Å². The number of carbonyl (C=O) groups excluding carboxylic acids is 2. The molecular formula is C17H22N2O3. The second-order valence-corrected chi connectivity index (χ2v) is 6.96. The summed E-state index contributed by atoms with van der Waals surface area (Å²) in [5.74, 6) is 2.05. The predicted molar refractivity (Wildman–Crippen MR) is 79.6 cm³/mol. The van der Waals surface area contributed by atoms with Crippen molar-refractivity contribution in [2.45, 2.75) is 44.7 Å². The standard InChI is InChI=1S/C17H22N2O3/c20-15-8-13(9-19(15)10-14-2-1-7-22-14)17(21)18-16(11-3-4-11)12-5-6-12/h1-2,7,11-13,16H,3-6,8-10H2,(H,18,21). The molecular weight excluding hydrogens is 280 g/mol. The third kappa shape index (κ3) is 2.89. The fourth-order valence-corrected chi connectivity index (χ4v) is 3.50. The van der Waals surface area contributed by atoms with Gasteiger partial charge < -0.3 is 14.6 Å². The lowest BCUT2D eigenvalue weighted by atomic mass is 10.0. The Hall–Kier alpha value is -1.78. The van der Waals surface area contributed by atoms with Gasteiger partial charge in [0.1, 0.15) is 5.76 Å². The van der Waals surface area contributed by atoms with E-state index < -0.39 is 0 Å². The Morgan fingerprint density at radius 1 is 1.32 bits per heavy atom. The molecule has 22 heavy (non-hydrogen) atoms. The zero-order valence-corrected chi connectivity index (χ0v) is 12.7. The molecule has 1 saturated heterocycles. The number of furan rings is 1. The van der Waals surface area contributed by atoms with Crippen LogP contribution in [-0.2, 0) is 16.1 Å².